The number of hydrogen-bond acceptors (Lipinski definition) is 5. The fraction of sp³-hybridized carbons (Fsp3) is 0.542. The molecule has 0 radical (unpaired) electrons. The minimum absolute atomic E-state index is 0.00704. The van der Waals surface area contributed by atoms with Crippen LogP contribution in [0.3, 0.4) is 0 Å². The third kappa shape index (κ3) is 4.48. The molecule has 1 aromatic rings. The summed E-state index contributed by atoms with van der Waals surface area (Å²) in [6, 6.07) is 3.92. The summed E-state index contributed by atoms with van der Waals surface area (Å²) >= 11 is 0. The molecule has 1 spiro atoms. The lowest BCUT2D eigenvalue weighted by Crippen LogP contribution is -2.49. The maximum atomic E-state index is 13.2. The minimum Gasteiger partial charge on any atom is -0.341 e. The van der Waals surface area contributed by atoms with Gasteiger partial charge in [0.2, 0.25) is 5.91 Å². The highest BCUT2D eigenvalue weighted by Crippen LogP contribution is 2.46. The van der Waals surface area contributed by atoms with Crippen molar-refractivity contribution < 1.29 is 19.2 Å². The van der Waals surface area contributed by atoms with E-state index in [1.807, 2.05) is 26.0 Å². The second-order valence-corrected chi connectivity index (χ2v) is 8.52. The van der Waals surface area contributed by atoms with Crippen LogP contribution in [-0.2, 0) is 19.2 Å². The molecule has 160 valence electrons. The number of hydroxylamine groups is 1. The Bertz CT molecular complexity index is 874. The monoisotopic (exact) mass is 410 g/mol. The van der Waals surface area contributed by atoms with Crippen LogP contribution >= 0.6 is 0 Å². The summed E-state index contributed by atoms with van der Waals surface area (Å²) in [5, 5.41) is 0. The quantitative estimate of drug-likeness (QED) is 0.469. The Labute approximate surface area is 178 Å². The summed E-state index contributed by atoms with van der Waals surface area (Å²) in [4.78, 5) is 45.1. The predicted octanol–water partition coefficient (Wildman–Crippen LogP) is 2.45. The molecule has 1 amide bonds. The zero-order valence-electron chi connectivity index (χ0n) is 18.3. The van der Waals surface area contributed by atoms with Crippen molar-refractivity contribution in [1.82, 2.24) is 10.4 Å². The molecule has 0 atom stereocenters. The van der Waals surface area contributed by atoms with Gasteiger partial charge in [-0.15, -0.1) is 5.92 Å². The van der Waals surface area contributed by atoms with Crippen LogP contribution in [0.5, 0.6) is 0 Å². The Morgan fingerprint density at radius 2 is 1.73 bits per heavy atom. The Kier molecular flexibility index (Phi) is 6.74. The molecule has 3 rings (SSSR count). The number of aryl methyl sites for hydroxylation is 2. The van der Waals surface area contributed by atoms with E-state index in [0.717, 1.165) is 22.3 Å². The van der Waals surface area contributed by atoms with E-state index in [9.17, 15) is 14.4 Å². The second kappa shape index (κ2) is 9.11. The van der Waals surface area contributed by atoms with Gasteiger partial charge in [0.25, 0.3) is 0 Å². The van der Waals surface area contributed by atoms with Gasteiger partial charge in [0.15, 0.2) is 0 Å². The topological polar surface area (TPSA) is 75.7 Å². The molecule has 2 aliphatic rings. The molecule has 1 aliphatic heterocycles. The largest absolute Gasteiger partial charge is 0.341 e. The Morgan fingerprint density at radius 3 is 2.23 bits per heavy atom. The van der Waals surface area contributed by atoms with Crippen LogP contribution in [0.4, 0.5) is 0 Å². The van der Waals surface area contributed by atoms with E-state index >= 15 is 0 Å². The van der Waals surface area contributed by atoms with Crippen LogP contribution in [0, 0.1) is 31.1 Å². The highest BCUT2D eigenvalue weighted by atomic mass is 16.6. The molecule has 0 unspecified atom stereocenters. The van der Waals surface area contributed by atoms with Crippen LogP contribution in [0.2, 0.25) is 0 Å². The van der Waals surface area contributed by atoms with Crippen molar-refractivity contribution in [1.29, 1.82) is 0 Å². The smallest absolute Gasteiger partial charge is 0.238 e. The van der Waals surface area contributed by atoms with E-state index in [2.05, 4.69) is 17.3 Å². The van der Waals surface area contributed by atoms with Gasteiger partial charge >= 0.3 is 0 Å². The molecule has 1 aromatic carbocycles. The van der Waals surface area contributed by atoms with Gasteiger partial charge in [0.1, 0.15) is 24.0 Å². The van der Waals surface area contributed by atoms with Gasteiger partial charge in [-0.1, -0.05) is 5.92 Å². The maximum Gasteiger partial charge on any atom is 0.238 e. The SMILES string of the molecule is CC#Cc1cc(C)c(C2C(=O)CC3(CCN(C(=O)CNOC)CC3)CC2=O)c(C)c1. The first kappa shape index (κ1) is 22.2. The van der Waals surface area contributed by atoms with Gasteiger partial charge in [-0.2, -0.15) is 5.48 Å². The van der Waals surface area contributed by atoms with E-state index in [1.54, 1.807) is 11.8 Å². The molecule has 6 heteroatoms. The summed E-state index contributed by atoms with van der Waals surface area (Å²) in [5.74, 6) is 5.25. The third-order valence-corrected chi connectivity index (χ3v) is 6.44. The summed E-state index contributed by atoms with van der Waals surface area (Å²) in [5.41, 5.74) is 5.90. The molecule has 1 saturated heterocycles. The van der Waals surface area contributed by atoms with Crippen LogP contribution in [0.25, 0.3) is 0 Å². The first-order valence-electron chi connectivity index (χ1n) is 10.4. The zero-order valence-corrected chi connectivity index (χ0v) is 18.3. The van der Waals surface area contributed by atoms with Crippen LogP contribution in [0.15, 0.2) is 12.1 Å². The van der Waals surface area contributed by atoms with Crippen molar-refractivity contribution in [2.75, 3.05) is 26.7 Å². The third-order valence-electron chi connectivity index (χ3n) is 6.44. The van der Waals surface area contributed by atoms with E-state index in [-0.39, 0.29) is 29.4 Å². The van der Waals surface area contributed by atoms with Crippen LogP contribution < -0.4 is 5.48 Å². The molecule has 1 heterocycles. The maximum absolute atomic E-state index is 13.2. The number of hydrogen-bond donors (Lipinski definition) is 1. The van der Waals surface area contributed by atoms with Gasteiger partial charge in [0, 0.05) is 31.5 Å². The lowest BCUT2D eigenvalue weighted by molar-refractivity contribution is -0.140. The molecule has 2 fully saturated rings. The number of likely N-dealkylation sites (tertiary alicyclic amines) is 1. The van der Waals surface area contributed by atoms with Gasteiger partial charge in [-0.3, -0.25) is 14.4 Å². The number of carbonyl (C=O) groups is 3. The minimum atomic E-state index is -0.676. The van der Waals surface area contributed by atoms with E-state index in [1.165, 1.54) is 7.11 Å². The standard InChI is InChI=1S/C24H30N2O4/c1-5-6-18-11-16(2)22(17(3)12-18)23-19(27)13-24(14-20(23)28)7-9-26(10-8-24)21(29)15-25-30-4/h11-12,23,25H,7-10,13-15H2,1-4H3. The average molecular weight is 411 g/mol. The van der Waals surface area contributed by atoms with Gasteiger partial charge in [0.05, 0.1) is 7.11 Å². The van der Waals surface area contributed by atoms with Crippen molar-refractivity contribution in [3.05, 3.63) is 34.4 Å². The number of ketones is 2. The normalized spacial score (nSPS) is 19.0. The van der Waals surface area contributed by atoms with Gasteiger partial charge < -0.3 is 9.74 Å². The number of rotatable bonds is 4. The highest BCUT2D eigenvalue weighted by Gasteiger charge is 2.47. The Balaban J connectivity index is 1.74. The number of nitrogens with one attached hydrogen (secondary N) is 1. The van der Waals surface area contributed by atoms with Crippen molar-refractivity contribution in [2.24, 2.45) is 5.41 Å². The lowest BCUT2D eigenvalue weighted by Gasteiger charge is -2.44. The van der Waals surface area contributed by atoms with Gasteiger partial charge in [-0.05, 0) is 67.9 Å². The van der Waals surface area contributed by atoms with Crippen LogP contribution in [-0.4, -0.2) is 49.1 Å². The number of Topliss-reactive ketones (excluding diaryl/α,β-unsaturated/α-hetero) is 2. The highest BCUT2D eigenvalue weighted by molar-refractivity contribution is 6.10. The van der Waals surface area contributed by atoms with Crippen LogP contribution in [0.1, 0.15) is 60.8 Å². The van der Waals surface area contributed by atoms with Crippen molar-refractivity contribution in [2.45, 2.75) is 52.4 Å². The first-order chi connectivity index (χ1) is 14.3. The zero-order chi connectivity index (χ0) is 21.9. The molecule has 0 bridgehead atoms. The van der Waals surface area contributed by atoms with E-state index in [0.29, 0.717) is 38.8 Å². The number of nitrogens with zero attached hydrogens (tertiary/aromatic N) is 1. The number of benzene rings is 1. The fourth-order valence-electron chi connectivity index (χ4n) is 4.98. The van der Waals surface area contributed by atoms with E-state index < -0.39 is 5.92 Å². The Morgan fingerprint density at radius 1 is 1.17 bits per heavy atom. The van der Waals surface area contributed by atoms with Crippen molar-refractivity contribution in [3.8, 4) is 11.8 Å². The molecule has 1 saturated carbocycles. The molecular weight excluding hydrogens is 380 g/mol. The number of amides is 1. The molecule has 6 nitrogen and oxygen atoms in total. The summed E-state index contributed by atoms with van der Waals surface area (Å²) in [6.07, 6.45) is 2.16. The molecule has 0 aromatic heterocycles. The number of carbonyl (C=O) groups excluding carboxylic acids is 3. The molecule has 30 heavy (non-hydrogen) atoms. The number of piperidine rings is 1. The fourth-order valence-corrected chi connectivity index (χ4v) is 4.98. The average Bonchev–Trinajstić information content (AvgIpc) is 2.68. The predicted molar refractivity (Wildman–Crippen MR) is 114 cm³/mol. The molecule has 1 N–H and O–H groups in total. The Hall–Kier alpha value is -2.49. The molecule has 1 aliphatic carbocycles. The first-order valence-corrected chi connectivity index (χ1v) is 10.4. The van der Waals surface area contributed by atoms with E-state index in [4.69, 9.17) is 4.84 Å². The van der Waals surface area contributed by atoms with Crippen molar-refractivity contribution in [3.63, 3.8) is 0 Å². The van der Waals surface area contributed by atoms with Crippen molar-refractivity contribution >= 4 is 17.5 Å². The van der Waals surface area contributed by atoms with Gasteiger partial charge in [-0.25, -0.2) is 0 Å². The lowest BCUT2D eigenvalue weighted by atomic mass is 9.62. The summed E-state index contributed by atoms with van der Waals surface area (Å²) in [6.45, 7) is 6.95. The second-order valence-electron chi connectivity index (χ2n) is 8.52. The summed E-state index contributed by atoms with van der Waals surface area (Å²) in [7, 11) is 1.47. The summed E-state index contributed by atoms with van der Waals surface area (Å²) < 4.78 is 0. The molecular formula is C24H30N2O4.